The van der Waals surface area contributed by atoms with Crippen molar-refractivity contribution in [2.24, 2.45) is 0 Å². The summed E-state index contributed by atoms with van der Waals surface area (Å²) in [5, 5.41) is 4.88. The fourth-order valence-electron chi connectivity index (χ4n) is 3.32. The Bertz CT molecular complexity index is 1170. The summed E-state index contributed by atoms with van der Waals surface area (Å²) in [6.45, 7) is 0. The number of H-pyrrole nitrogens is 1. The Hall–Kier alpha value is -3.13. The van der Waals surface area contributed by atoms with Crippen molar-refractivity contribution in [3.8, 4) is 11.3 Å². The molecule has 0 amide bonds. The highest BCUT2D eigenvalue weighted by Gasteiger charge is 2.10. The molecule has 1 N–H and O–H groups in total. The molecule has 0 aliphatic heterocycles. The molecule has 0 atom stereocenters. The Morgan fingerprint density at radius 2 is 1.48 bits per heavy atom. The van der Waals surface area contributed by atoms with Gasteiger partial charge in [0.25, 0.3) is 0 Å². The fourth-order valence-corrected chi connectivity index (χ4v) is 3.32. The van der Waals surface area contributed by atoms with Gasteiger partial charge in [0.1, 0.15) is 0 Å². The molecule has 5 rings (SSSR count). The van der Waals surface area contributed by atoms with Crippen LogP contribution >= 0.6 is 0 Å². The molecule has 0 fully saturated rings. The van der Waals surface area contributed by atoms with Crippen LogP contribution in [0.25, 0.3) is 43.8 Å². The Kier molecular flexibility index (Phi) is 2.53. The van der Waals surface area contributed by atoms with Crippen LogP contribution in [0.5, 0.6) is 0 Å². The number of fused-ring (bicyclic) bond motifs is 4. The van der Waals surface area contributed by atoms with Gasteiger partial charge < -0.3 is 4.98 Å². The number of nitrogens with zero attached hydrogens (tertiary/aromatic N) is 1. The number of benzene rings is 3. The predicted molar refractivity (Wildman–Crippen MR) is 96.5 cm³/mol. The van der Waals surface area contributed by atoms with Crippen LogP contribution in [0.3, 0.4) is 0 Å². The number of pyridine rings is 1. The number of para-hydroxylation sites is 2. The van der Waals surface area contributed by atoms with Crippen molar-refractivity contribution in [3.63, 3.8) is 0 Å². The Labute approximate surface area is 133 Å². The van der Waals surface area contributed by atoms with E-state index in [1.165, 1.54) is 21.5 Å². The first-order valence-electron chi connectivity index (χ1n) is 7.75. The van der Waals surface area contributed by atoms with Crippen LogP contribution in [0, 0.1) is 0 Å². The fraction of sp³-hybridized carbons (Fsp3) is 0. The van der Waals surface area contributed by atoms with Crippen LogP contribution in [0.2, 0.25) is 0 Å². The summed E-state index contributed by atoms with van der Waals surface area (Å²) in [6, 6.07) is 25.3. The van der Waals surface area contributed by atoms with Gasteiger partial charge in [0.15, 0.2) is 0 Å². The molecule has 0 aliphatic carbocycles. The van der Waals surface area contributed by atoms with Crippen LogP contribution in [-0.2, 0) is 0 Å². The molecule has 0 bridgehead atoms. The normalized spacial score (nSPS) is 11.5. The maximum Gasteiger partial charge on any atom is 0.0729 e. The molecule has 2 nitrogen and oxygen atoms in total. The molecule has 2 heterocycles. The van der Waals surface area contributed by atoms with E-state index in [-0.39, 0.29) is 0 Å². The van der Waals surface area contributed by atoms with Gasteiger partial charge in [-0.25, -0.2) is 0 Å². The van der Waals surface area contributed by atoms with Gasteiger partial charge in [-0.1, -0.05) is 60.7 Å². The van der Waals surface area contributed by atoms with Gasteiger partial charge in [-0.15, -0.1) is 0 Å². The molecule has 0 saturated carbocycles. The average Bonchev–Trinajstić information content (AvgIpc) is 3.00. The quantitative estimate of drug-likeness (QED) is 0.432. The smallest absolute Gasteiger partial charge is 0.0729 e. The zero-order chi connectivity index (χ0) is 15.2. The Morgan fingerprint density at radius 1 is 0.696 bits per heavy atom. The second-order valence-electron chi connectivity index (χ2n) is 5.82. The minimum Gasteiger partial charge on any atom is -0.354 e. The van der Waals surface area contributed by atoms with Crippen molar-refractivity contribution in [2.75, 3.05) is 0 Å². The van der Waals surface area contributed by atoms with Crippen molar-refractivity contribution < 1.29 is 0 Å². The molecule has 0 spiro atoms. The predicted octanol–water partition coefficient (Wildman–Crippen LogP) is 5.54. The summed E-state index contributed by atoms with van der Waals surface area (Å²) in [7, 11) is 0. The molecule has 0 radical (unpaired) electrons. The van der Waals surface area contributed by atoms with Gasteiger partial charge >= 0.3 is 0 Å². The molecule has 3 aromatic carbocycles. The van der Waals surface area contributed by atoms with Gasteiger partial charge in [0, 0.05) is 33.4 Å². The standard InChI is InChI=1S/C21H14N2/c1-2-7-15-13-22-20(12-14(15)6-1)18-10-5-9-17-16-8-3-4-11-19(16)23-21(17)18/h1-13,23H. The average molecular weight is 294 g/mol. The molecule has 0 aliphatic rings. The first-order chi connectivity index (χ1) is 11.4. The molecular formula is C21H14N2. The number of aromatic amines is 1. The Morgan fingerprint density at radius 3 is 2.43 bits per heavy atom. The zero-order valence-electron chi connectivity index (χ0n) is 12.5. The summed E-state index contributed by atoms with van der Waals surface area (Å²) in [5.41, 5.74) is 4.46. The molecule has 2 heteroatoms. The SMILES string of the molecule is c1ccc2cc(-c3cccc4c3[nH]c3ccccc34)ncc2c1. The van der Waals surface area contributed by atoms with Gasteiger partial charge in [-0.3, -0.25) is 4.98 Å². The summed E-state index contributed by atoms with van der Waals surface area (Å²) in [6.07, 6.45) is 1.95. The van der Waals surface area contributed by atoms with Crippen molar-refractivity contribution in [1.82, 2.24) is 9.97 Å². The molecule has 108 valence electrons. The lowest BCUT2D eigenvalue weighted by molar-refractivity contribution is 1.36. The van der Waals surface area contributed by atoms with E-state index in [4.69, 9.17) is 0 Å². The minimum atomic E-state index is 1.00. The number of hydrogen-bond acceptors (Lipinski definition) is 1. The molecule has 23 heavy (non-hydrogen) atoms. The summed E-state index contributed by atoms with van der Waals surface area (Å²) in [5.74, 6) is 0. The van der Waals surface area contributed by atoms with Crippen LogP contribution in [0.1, 0.15) is 0 Å². The summed E-state index contributed by atoms with van der Waals surface area (Å²) in [4.78, 5) is 8.23. The van der Waals surface area contributed by atoms with Crippen LogP contribution in [0.4, 0.5) is 0 Å². The first kappa shape index (κ1) is 12.4. The van der Waals surface area contributed by atoms with Crippen molar-refractivity contribution in [2.45, 2.75) is 0 Å². The highest BCUT2D eigenvalue weighted by Crippen LogP contribution is 2.33. The van der Waals surface area contributed by atoms with Crippen LogP contribution < -0.4 is 0 Å². The van der Waals surface area contributed by atoms with Crippen molar-refractivity contribution in [3.05, 3.63) is 79.0 Å². The van der Waals surface area contributed by atoms with E-state index in [9.17, 15) is 0 Å². The molecule has 0 unspecified atom stereocenters. The van der Waals surface area contributed by atoms with Gasteiger partial charge in [-0.05, 0) is 17.5 Å². The first-order valence-corrected chi connectivity index (χ1v) is 7.75. The topological polar surface area (TPSA) is 28.7 Å². The third-order valence-electron chi connectivity index (χ3n) is 4.45. The largest absolute Gasteiger partial charge is 0.354 e. The molecular weight excluding hydrogens is 280 g/mol. The number of nitrogens with one attached hydrogen (secondary N) is 1. The van der Waals surface area contributed by atoms with E-state index in [0.717, 1.165) is 22.3 Å². The lowest BCUT2D eigenvalue weighted by Crippen LogP contribution is -1.85. The number of aromatic nitrogens is 2. The molecule has 0 saturated heterocycles. The maximum absolute atomic E-state index is 4.68. The highest BCUT2D eigenvalue weighted by atomic mass is 14.7. The number of rotatable bonds is 1. The highest BCUT2D eigenvalue weighted by molar-refractivity contribution is 6.11. The monoisotopic (exact) mass is 294 g/mol. The van der Waals surface area contributed by atoms with E-state index in [2.05, 4.69) is 76.7 Å². The van der Waals surface area contributed by atoms with Gasteiger partial charge in [0.05, 0.1) is 11.2 Å². The zero-order valence-corrected chi connectivity index (χ0v) is 12.5. The Balaban J connectivity index is 1.84. The minimum absolute atomic E-state index is 1.00. The third kappa shape index (κ3) is 1.85. The van der Waals surface area contributed by atoms with E-state index >= 15 is 0 Å². The van der Waals surface area contributed by atoms with Crippen molar-refractivity contribution in [1.29, 1.82) is 0 Å². The van der Waals surface area contributed by atoms with Crippen molar-refractivity contribution >= 4 is 32.6 Å². The van der Waals surface area contributed by atoms with E-state index in [1.54, 1.807) is 0 Å². The lowest BCUT2D eigenvalue weighted by Gasteiger charge is -2.05. The number of hydrogen-bond donors (Lipinski definition) is 1. The third-order valence-corrected chi connectivity index (χ3v) is 4.45. The van der Waals surface area contributed by atoms with Crippen LogP contribution in [-0.4, -0.2) is 9.97 Å². The van der Waals surface area contributed by atoms with Gasteiger partial charge in [0.2, 0.25) is 0 Å². The second-order valence-corrected chi connectivity index (χ2v) is 5.82. The summed E-state index contributed by atoms with van der Waals surface area (Å²) < 4.78 is 0. The van der Waals surface area contributed by atoms with E-state index in [0.29, 0.717) is 0 Å². The molecule has 2 aromatic heterocycles. The lowest BCUT2D eigenvalue weighted by atomic mass is 10.0. The van der Waals surface area contributed by atoms with Crippen LogP contribution in [0.15, 0.2) is 79.0 Å². The molecule has 5 aromatic rings. The van der Waals surface area contributed by atoms with E-state index in [1.807, 2.05) is 12.3 Å². The summed E-state index contributed by atoms with van der Waals surface area (Å²) >= 11 is 0. The second kappa shape index (κ2) is 4.68. The van der Waals surface area contributed by atoms with E-state index < -0.39 is 0 Å². The maximum atomic E-state index is 4.68. The van der Waals surface area contributed by atoms with Gasteiger partial charge in [-0.2, -0.15) is 0 Å².